The number of amides is 2. The average molecular weight is 489 g/mol. The number of halogens is 1. The number of aromatic nitrogens is 3. The summed E-state index contributed by atoms with van der Waals surface area (Å²) in [6, 6.07) is 10.2. The van der Waals surface area contributed by atoms with E-state index in [4.69, 9.17) is 5.73 Å². The van der Waals surface area contributed by atoms with E-state index in [9.17, 15) is 14.0 Å². The lowest BCUT2D eigenvalue weighted by Gasteiger charge is -2.29. The van der Waals surface area contributed by atoms with Crippen molar-refractivity contribution >= 4 is 45.7 Å². The van der Waals surface area contributed by atoms with Crippen molar-refractivity contribution in [3.8, 4) is 0 Å². The summed E-state index contributed by atoms with van der Waals surface area (Å²) in [6.07, 6.45) is 4.99. The van der Waals surface area contributed by atoms with E-state index in [0.717, 1.165) is 35.5 Å². The highest BCUT2D eigenvalue weighted by molar-refractivity contribution is 6.06. The number of carbonyl (C=O) groups excluding carboxylic acids is 2. The zero-order valence-electron chi connectivity index (χ0n) is 19.8. The minimum Gasteiger partial charge on any atom is -0.399 e. The van der Waals surface area contributed by atoms with E-state index in [1.54, 1.807) is 18.5 Å². The molecular weight excluding hydrogens is 461 g/mol. The zero-order chi connectivity index (χ0) is 25.2. The highest BCUT2D eigenvalue weighted by Crippen LogP contribution is 2.28. The Labute approximate surface area is 206 Å². The molecule has 0 atom stereocenters. The lowest BCUT2D eigenvalue weighted by Crippen LogP contribution is -2.40. The Bertz CT molecular complexity index is 1430. The van der Waals surface area contributed by atoms with Crippen LogP contribution in [-0.4, -0.2) is 34.9 Å². The highest BCUT2D eigenvalue weighted by Gasteiger charge is 2.30. The minimum atomic E-state index is -0.405. The van der Waals surface area contributed by atoms with E-state index in [1.165, 1.54) is 30.3 Å². The molecule has 1 aliphatic rings. The van der Waals surface area contributed by atoms with Crippen LogP contribution < -0.4 is 26.3 Å². The Morgan fingerprint density at radius 2 is 1.86 bits per heavy atom. The number of piperidine rings is 1. The van der Waals surface area contributed by atoms with Crippen molar-refractivity contribution in [1.29, 1.82) is 0 Å². The van der Waals surface area contributed by atoms with Crippen molar-refractivity contribution in [2.24, 2.45) is 5.92 Å². The molecule has 2 aromatic heterocycles. The molecule has 0 saturated carbocycles. The number of aromatic amines is 2. The Kier molecular flexibility index (Phi) is 6.24. The summed E-state index contributed by atoms with van der Waals surface area (Å²) in [7, 11) is 0. The van der Waals surface area contributed by atoms with Crippen LogP contribution >= 0.6 is 0 Å². The van der Waals surface area contributed by atoms with Gasteiger partial charge in [-0.2, -0.15) is 0 Å². The molecule has 36 heavy (non-hydrogen) atoms. The number of nitrogens with zero attached hydrogens (tertiary/aromatic N) is 2. The van der Waals surface area contributed by atoms with Crippen LogP contribution in [0, 0.1) is 18.7 Å². The molecule has 0 unspecified atom stereocenters. The number of hydrogen-bond acceptors (Lipinski definition) is 5. The lowest BCUT2D eigenvalue weighted by atomic mass is 9.95. The second-order valence-corrected chi connectivity index (χ2v) is 9.00. The molecule has 1 saturated heterocycles. The van der Waals surface area contributed by atoms with E-state index in [1.807, 2.05) is 13.1 Å². The largest absolute Gasteiger partial charge is 0.399 e. The number of nitrogens with one attached hydrogen (secondary N) is 4. The fourth-order valence-corrected chi connectivity index (χ4v) is 4.59. The van der Waals surface area contributed by atoms with Crippen molar-refractivity contribution in [1.82, 2.24) is 9.97 Å². The smallest absolute Gasteiger partial charge is 0.255 e. The maximum Gasteiger partial charge on any atom is 0.255 e. The topological polar surface area (TPSA) is 130 Å². The lowest BCUT2D eigenvalue weighted by molar-refractivity contribution is -0.367. The number of benzene rings is 2. The third-order valence-electron chi connectivity index (χ3n) is 6.46. The number of aryl methyl sites for hydroxylation is 1. The predicted octanol–water partition coefficient (Wildman–Crippen LogP) is 3.51. The zero-order valence-corrected chi connectivity index (χ0v) is 19.8. The molecule has 0 spiro atoms. The maximum atomic E-state index is 13.1. The van der Waals surface area contributed by atoms with E-state index in [2.05, 4.69) is 30.5 Å². The van der Waals surface area contributed by atoms with E-state index >= 15 is 0 Å². The second-order valence-electron chi connectivity index (χ2n) is 9.00. The molecule has 5 rings (SSSR count). The third-order valence-corrected chi connectivity index (χ3v) is 6.46. The molecule has 184 valence electrons. The van der Waals surface area contributed by atoms with Crippen LogP contribution in [0.3, 0.4) is 0 Å². The van der Waals surface area contributed by atoms with Gasteiger partial charge in [0.2, 0.25) is 23.7 Å². The molecule has 10 heteroatoms. The first-order chi connectivity index (χ1) is 17.4. The van der Waals surface area contributed by atoms with Gasteiger partial charge in [-0.3, -0.25) is 14.5 Å². The van der Waals surface area contributed by atoms with Crippen LogP contribution in [0.2, 0.25) is 0 Å². The molecule has 3 heterocycles. The number of nitrogens with two attached hydrogens (primary N) is 1. The molecule has 6 N–H and O–H groups in total. The molecule has 2 aromatic carbocycles. The van der Waals surface area contributed by atoms with Crippen molar-refractivity contribution in [2.75, 3.05) is 34.4 Å². The molecule has 0 bridgehead atoms. The van der Waals surface area contributed by atoms with Crippen molar-refractivity contribution < 1.29 is 19.0 Å². The molecular formula is C26H27FN7O2+. The number of nitrogen functional groups attached to an aromatic ring is 1. The molecule has 0 aliphatic carbocycles. The summed E-state index contributed by atoms with van der Waals surface area (Å²) in [5, 5.41) is 6.68. The Morgan fingerprint density at radius 1 is 1.11 bits per heavy atom. The molecule has 2 amide bonds. The van der Waals surface area contributed by atoms with Gasteiger partial charge < -0.3 is 21.4 Å². The Hall–Kier alpha value is -4.47. The van der Waals surface area contributed by atoms with Gasteiger partial charge in [-0.1, -0.05) is 4.98 Å². The number of rotatable bonds is 5. The van der Waals surface area contributed by atoms with Gasteiger partial charge in [-0.25, -0.2) is 9.37 Å². The van der Waals surface area contributed by atoms with E-state index in [-0.39, 0.29) is 17.6 Å². The number of H-pyrrole nitrogens is 2. The van der Waals surface area contributed by atoms with Gasteiger partial charge in [-0.15, -0.1) is 0 Å². The number of fused-ring (bicyclic) bond motifs is 1. The second kappa shape index (κ2) is 9.65. The first-order valence-corrected chi connectivity index (χ1v) is 11.7. The van der Waals surface area contributed by atoms with E-state index < -0.39 is 5.91 Å². The van der Waals surface area contributed by atoms with Gasteiger partial charge in [0.25, 0.3) is 5.91 Å². The van der Waals surface area contributed by atoms with Gasteiger partial charge in [0.15, 0.2) is 0 Å². The van der Waals surface area contributed by atoms with Crippen molar-refractivity contribution in [3.05, 3.63) is 71.9 Å². The Morgan fingerprint density at radius 3 is 2.61 bits per heavy atom. The summed E-state index contributed by atoms with van der Waals surface area (Å²) in [5.41, 5.74) is 9.51. The quantitative estimate of drug-likeness (QED) is 0.319. The summed E-state index contributed by atoms with van der Waals surface area (Å²) in [6.45, 7) is 3.49. The van der Waals surface area contributed by atoms with Gasteiger partial charge >= 0.3 is 0 Å². The van der Waals surface area contributed by atoms with Crippen LogP contribution in [-0.2, 0) is 4.79 Å². The number of anilines is 4. The molecule has 4 aromatic rings. The maximum absolute atomic E-state index is 13.1. The van der Waals surface area contributed by atoms with Crippen molar-refractivity contribution in [2.45, 2.75) is 19.8 Å². The molecule has 9 nitrogen and oxygen atoms in total. The average Bonchev–Trinajstić information content (AvgIpc) is 3.26. The van der Waals surface area contributed by atoms with E-state index in [0.29, 0.717) is 35.5 Å². The third kappa shape index (κ3) is 4.83. The predicted molar refractivity (Wildman–Crippen MR) is 136 cm³/mol. The summed E-state index contributed by atoms with van der Waals surface area (Å²) in [4.78, 5) is 38.7. The Balaban J connectivity index is 1.23. The monoisotopic (exact) mass is 488 g/mol. The van der Waals surface area contributed by atoms with Crippen LogP contribution in [0.25, 0.3) is 11.0 Å². The number of hydrogen-bond donors (Lipinski definition) is 4. The van der Waals surface area contributed by atoms with Crippen molar-refractivity contribution in [3.63, 3.8) is 0 Å². The highest BCUT2D eigenvalue weighted by atomic mass is 19.1. The first kappa shape index (κ1) is 23.3. The SMILES string of the molecule is Cc1c[nH]c2nc[nH+]c(N3CCC(C(=O)Nc4cc(N)cc(C(=O)Nc5ccc(F)cc5)c4)CC3)c12. The normalized spacial score (nSPS) is 14.1. The van der Waals surface area contributed by atoms with Gasteiger partial charge in [-0.05, 0) is 67.8 Å². The van der Waals surface area contributed by atoms with Gasteiger partial charge in [0.1, 0.15) is 11.2 Å². The number of carbonyl (C=O) groups is 2. The standard InChI is InChI=1S/C26H26FN7O2/c1-15-13-29-23-22(15)24(31-14-30-23)34-8-6-16(7-9-34)25(35)33-21-11-17(10-19(28)12-21)26(36)32-20-4-2-18(27)3-5-20/h2-5,10-14,16H,6-9,28H2,1H3,(H,32,36)(H,33,35)(H,29,30,31)/p+1. The van der Waals surface area contributed by atoms with Crippen LogP contribution in [0.4, 0.5) is 27.3 Å². The minimum absolute atomic E-state index is 0.105. The molecule has 1 aliphatic heterocycles. The fourth-order valence-electron chi connectivity index (χ4n) is 4.59. The molecule has 0 radical (unpaired) electrons. The van der Waals surface area contributed by atoms with Gasteiger partial charge in [0, 0.05) is 34.7 Å². The molecule has 1 fully saturated rings. The summed E-state index contributed by atoms with van der Waals surface area (Å²) < 4.78 is 13.1. The van der Waals surface area contributed by atoms with Crippen LogP contribution in [0.15, 0.2) is 55.0 Å². The fraction of sp³-hybridized carbons (Fsp3) is 0.231. The summed E-state index contributed by atoms with van der Waals surface area (Å²) >= 11 is 0. The first-order valence-electron chi connectivity index (χ1n) is 11.7. The van der Waals surface area contributed by atoms with Crippen LogP contribution in [0.1, 0.15) is 28.8 Å². The van der Waals surface area contributed by atoms with Gasteiger partial charge in [0.05, 0.1) is 13.1 Å². The summed E-state index contributed by atoms with van der Waals surface area (Å²) in [5.74, 6) is -0.0573. The van der Waals surface area contributed by atoms with Crippen LogP contribution in [0.5, 0.6) is 0 Å².